The molecular weight excluding hydrogens is 292 g/mol. The minimum absolute atomic E-state index is 0.761. The Balaban J connectivity index is 1.87. The number of hydrogen-bond acceptors (Lipinski definition) is 2. The van der Waals surface area contributed by atoms with E-state index < -0.39 is 0 Å². The van der Waals surface area contributed by atoms with Gasteiger partial charge in [0.1, 0.15) is 6.01 Å². The zero-order valence-corrected chi connectivity index (χ0v) is 13.4. The molecule has 0 N–H and O–H groups in total. The smallest absolute Gasteiger partial charge is 0.101 e. The van der Waals surface area contributed by atoms with Gasteiger partial charge in [0.15, 0.2) is 0 Å². The lowest BCUT2D eigenvalue weighted by Gasteiger charge is -1.95. The van der Waals surface area contributed by atoms with Crippen LogP contribution in [0.3, 0.4) is 0 Å². The first-order chi connectivity index (χ1) is 11.8. The van der Waals surface area contributed by atoms with Gasteiger partial charge >= 0.3 is 0 Å². The molecule has 0 fully saturated rings. The summed E-state index contributed by atoms with van der Waals surface area (Å²) in [5.74, 6) is 6.31. The summed E-state index contributed by atoms with van der Waals surface area (Å²) in [4.78, 5) is 8.58. The molecule has 0 aliphatic heterocycles. The van der Waals surface area contributed by atoms with E-state index in [0.717, 1.165) is 28.1 Å². The molecule has 0 atom stereocenters. The standard InChI is InChI=1S/C22H16N2/c1-18-8-7-12-21(16-18)23-17-24-22-13-6-5-11-20(22)15-14-19-9-3-2-4-10-19/h2-13,16H,1H3. The molecule has 0 radical (unpaired) electrons. The van der Waals surface area contributed by atoms with Crippen LogP contribution in [0.2, 0.25) is 0 Å². The van der Waals surface area contributed by atoms with Crippen molar-refractivity contribution in [2.45, 2.75) is 6.92 Å². The predicted molar refractivity (Wildman–Crippen MR) is 99.2 cm³/mol. The first-order valence-electron chi connectivity index (χ1n) is 7.70. The molecule has 0 unspecified atom stereocenters. The maximum Gasteiger partial charge on any atom is 0.101 e. The van der Waals surface area contributed by atoms with E-state index in [-0.39, 0.29) is 0 Å². The second-order valence-corrected chi connectivity index (χ2v) is 5.30. The third-order valence-electron chi connectivity index (χ3n) is 3.37. The molecule has 2 nitrogen and oxygen atoms in total. The predicted octanol–water partition coefficient (Wildman–Crippen LogP) is 5.53. The molecule has 114 valence electrons. The maximum absolute atomic E-state index is 4.32. The molecule has 0 aliphatic carbocycles. The summed E-state index contributed by atoms with van der Waals surface area (Å²) >= 11 is 0. The zero-order valence-electron chi connectivity index (χ0n) is 13.4. The SMILES string of the molecule is Cc1cccc(N=C=Nc2ccccc2C#Cc2ccccc2)c1. The summed E-state index contributed by atoms with van der Waals surface area (Å²) < 4.78 is 0. The van der Waals surface area contributed by atoms with E-state index in [2.05, 4.69) is 27.8 Å². The van der Waals surface area contributed by atoms with Crippen LogP contribution in [0, 0.1) is 18.8 Å². The molecule has 3 aromatic carbocycles. The highest BCUT2D eigenvalue weighted by atomic mass is 14.8. The molecule has 24 heavy (non-hydrogen) atoms. The fraction of sp³-hybridized carbons (Fsp3) is 0.0455. The van der Waals surface area contributed by atoms with Gasteiger partial charge < -0.3 is 0 Å². The van der Waals surface area contributed by atoms with E-state index >= 15 is 0 Å². The Kier molecular flexibility index (Phi) is 5.00. The van der Waals surface area contributed by atoms with E-state index in [4.69, 9.17) is 0 Å². The minimum Gasteiger partial charge on any atom is -0.188 e. The Labute approximate surface area is 142 Å². The maximum atomic E-state index is 4.32. The van der Waals surface area contributed by atoms with E-state index in [9.17, 15) is 0 Å². The topological polar surface area (TPSA) is 24.7 Å². The van der Waals surface area contributed by atoms with Crippen molar-refractivity contribution in [2.24, 2.45) is 9.98 Å². The van der Waals surface area contributed by atoms with Crippen LogP contribution in [0.4, 0.5) is 11.4 Å². The third kappa shape index (κ3) is 4.30. The number of rotatable bonds is 2. The van der Waals surface area contributed by atoms with Gasteiger partial charge in [-0.1, -0.05) is 54.3 Å². The van der Waals surface area contributed by atoms with Crippen molar-refractivity contribution in [3.05, 3.63) is 95.6 Å². The first kappa shape index (κ1) is 15.5. The minimum atomic E-state index is 0.761. The number of para-hydroxylation sites is 1. The van der Waals surface area contributed by atoms with E-state index in [1.54, 1.807) is 0 Å². The van der Waals surface area contributed by atoms with Crippen LogP contribution in [0.25, 0.3) is 0 Å². The number of hydrogen-bond donors (Lipinski definition) is 0. The average molecular weight is 308 g/mol. The largest absolute Gasteiger partial charge is 0.188 e. The molecule has 0 amide bonds. The number of aliphatic imine (C=N–C) groups is 2. The van der Waals surface area contributed by atoms with Gasteiger partial charge in [-0.05, 0) is 48.9 Å². The highest BCUT2D eigenvalue weighted by Crippen LogP contribution is 2.17. The van der Waals surface area contributed by atoms with E-state index in [1.807, 2.05) is 85.8 Å². The normalized spacial score (nSPS) is 9.38. The summed E-state index contributed by atoms with van der Waals surface area (Å²) in [5, 5.41) is 0. The molecule has 0 saturated heterocycles. The van der Waals surface area contributed by atoms with Crippen LogP contribution in [-0.4, -0.2) is 6.01 Å². The zero-order chi connectivity index (χ0) is 16.6. The molecule has 0 heterocycles. The lowest BCUT2D eigenvalue weighted by atomic mass is 10.1. The van der Waals surface area contributed by atoms with Crippen LogP contribution < -0.4 is 0 Å². The Morgan fingerprint density at radius 3 is 2.33 bits per heavy atom. The van der Waals surface area contributed by atoms with Crippen molar-refractivity contribution < 1.29 is 0 Å². The average Bonchev–Trinajstić information content (AvgIpc) is 2.62. The van der Waals surface area contributed by atoms with Crippen molar-refractivity contribution in [1.29, 1.82) is 0 Å². The van der Waals surface area contributed by atoms with Crippen molar-refractivity contribution in [3.8, 4) is 11.8 Å². The van der Waals surface area contributed by atoms with Crippen LogP contribution in [-0.2, 0) is 0 Å². The molecule has 0 saturated carbocycles. The Bertz CT molecular complexity index is 954. The van der Waals surface area contributed by atoms with E-state index in [0.29, 0.717) is 0 Å². The van der Waals surface area contributed by atoms with Crippen molar-refractivity contribution in [3.63, 3.8) is 0 Å². The Morgan fingerprint density at radius 2 is 1.50 bits per heavy atom. The monoisotopic (exact) mass is 308 g/mol. The quantitative estimate of drug-likeness (QED) is 0.439. The van der Waals surface area contributed by atoms with Gasteiger partial charge in [0, 0.05) is 5.56 Å². The molecule has 3 aromatic rings. The second kappa shape index (κ2) is 7.74. The van der Waals surface area contributed by atoms with Gasteiger partial charge in [-0.15, -0.1) is 0 Å². The fourth-order valence-electron chi connectivity index (χ4n) is 2.17. The highest BCUT2D eigenvalue weighted by Gasteiger charge is 1.95. The summed E-state index contributed by atoms with van der Waals surface area (Å²) in [6.45, 7) is 2.03. The van der Waals surface area contributed by atoms with Crippen LogP contribution in [0.1, 0.15) is 16.7 Å². The third-order valence-corrected chi connectivity index (χ3v) is 3.37. The fourth-order valence-corrected chi connectivity index (χ4v) is 2.17. The Hall–Kier alpha value is -3.40. The van der Waals surface area contributed by atoms with Gasteiger partial charge in [-0.2, -0.15) is 9.98 Å². The molecule has 0 bridgehead atoms. The molecular formula is C22H16N2. The summed E-state index contributed by atoms with van der Waals surface area (Å²) in [6, 6.07) is 28.3. The molecule has 2 heteroatoms. The first-order valence-corrected chi connectivity index (χ1v) is 7.70. The number of benzene rings is 3. The summed E-state index contributed by atoms with van der Waals surface area (Å²) in [7, 11) is 0. The van der Waals surface area contributed by atoms with Crippen LogP contribution >= 0.6 is 0 Å². The molecule has 0 spiro atoms. The van der Waals surface area contributed by atoms with Crippen LogP contribution in [0.5, 0.6) is 0 Å². The van der Waals surface area contributed by atoms with Crippen molar-refractivity contribution >= 4 is 17.4 Å². The van der Waals surface area contributed by atoms with Gasteiger partial charge in [-0.25, -0.2) is 0 Å². The summed E-state index contributed by atoms with van der Waals surface area (Å²) in [5.41, 5.74) is 4.59. The lowest BCUT2D eigenvalue weighted by Crippen LogP contribution is -1.77. The summed E-state index contributed by atoms with van der Waals surface area (Å²) in [6.07, 6.45) is 0. The highest BCUT2D eigenvalue weighted by molar-refractivity contribution is 5.63. The van der Waals surface area contributed by atoms with Gasteiger partial charge in [0.05, 0.1) is 16.9 Å². The van der Waals surface area contributed by atoms with Gasteiger partial charge in [0.25, 0.3) is 0 Å². The van der Waals surface area contributed by atoms with Crippen molar-refractivity contribution in [1.82, 2.24) is 0 Å². The molecule has 0 aliphatic rings. The second-order valence-electron chi connectivity index (χ2n) is 5.30. The lowest BCUT2D eigenvalue weighted by molar-refractivity contribution is 1.42. The molecule has 0 aromatic heterocycles. The van der Waals surface area contributed by atoms with E-state index in [1.165, 1.54) is 0 Å². The number of nitrogens with zero attached hydrogens (tertiary/aromatic N) is 2. The Morgan fingerprint density at radius 1 is 0.708 bits per heavy atom. The van der Waals surface area contributed by atoms with Crippen LogP contribution in [0.15, 0.2) is 88.8 Å². The van der Waals surface area contributed by atoms with Gasteiger partial charge in [-0.3, -0.25) is 0 Å². The van der Waals surface area contributed by atoms with Crippen molar-refractivity contribution in [2.75, 3.05) is 0 Å². The number of aryl methyl sites for hydroxylation is 1. The van der Waals surface area contributed by atoms with Gasteiger partial charge in [0.2, 0.25) is 0 Å². The molecule has 3 rings (SSSR count).